The fourth-order valence-corrected chi connectivity index (χ4v) is 3.04. The average Bonchev–Trinajstić information content (AvgIpc) is 2.98. The molecule has 0 atom stereocenters. The van der Waals surface area contributed by atoms with E-state index in [-0.39, 0.29) is 11.7 Å². The third-order valence-corrected chi connectivity index (χ3v) is 4.50. The molecule has 128 valence electrons. The molecule has 7 heteroatoms. The van der Waals surface area contributed by atoms with Crippen LogP contribution in [0.4, 0.5) is 4.39 Å². The fourth-order valence-electron chi connectivity index (χ4n) is 2.81. The molecule has 2 aromatic rings. The first-order chi connectivity index (χ1) is 11.6. The molecule has 0 radical (unpaired) electrons. The van der Waals surface area contributed by atoms with Crippen molar-refractivity contribution >= 4 is 17.5 Å². The Morgan fingerprint density at radius 2 is 1.88 bits per heavy atom. The Morgan fingerprint density at radius 1 is 1.21 bits per heavy atom. The van der Waals surface area contributed by atoms with Crippen molar-refractivity contribution in [1.82, 2.24) is 19.6 Å². The number of aromatic nitrogens is 2. The molecule has 1 amide bonds. The van der Waals surface area contributed by atoms with Crippen LogP contribution < -0.4 is 0 Å². The predicted octanol–water partition coefficient (Wildman–Crippen LogP) is 2.65. The highest BCUT2D eigenvalue weighted by Crippen LogP contribution is 2.18. The maximum Gasteiger partial charge on any atom is 0.276 e. The Balaban J connectivity index is 1.57. The zero-order valence-corrected chi connectivity index (χ0v) is 14.3. The summed E-state index contributed by atoms with van der Waals surface area (Å²) in [6.07, 6.45) is 1.68. The number of hydrogen-bond donors (Lipinski definition) is 0. The summed E-state index contributed by atoms with van der Waals surface area (Å²) in [6, 6.07) is 6.54. The largest absolute Gasteiger partial charge is 0.335 e. The number of piperazine rings is 1. The van der Waals surface area contributed by atoms with Crippen molar-refractivity contribution in [3.05, 3.63) is 52.6 Å². The number of hydrogen-bond acceptors (Lipinski definition) is 3. The lowest BCUT2D eigenvalue weighted by Crippen LogP contribution is -2.48. The Kier molecular flexibility index (Phi) is 5.16. The molecule has 1 aromatic heterocycles. The summed E-state index contributed by atoms with van der Waals surface area (Å²) in [5, 5.41) is 4.64. The summed E-state index contributed by atoms with van der Waals surface area (Å²) < 4.78 is 14.6. The molecule has 0 spiro atoms. The monoisotopic (exact) mass is 350 g/mol. The summed E-state index contributed by atoms with van der Waals surface area (Å²) >= 11 is 6.11. The van der Waals surface area contributed by atoms with E-state index >= 15 is 0 Å². The van der Waals surface area contributed by atoms with Crippen molar-refractivity contribution in [2.75, 3.05) is 26.2 Å². The van der Waals surface area contributed by atoms with E-state index < -0.39 is 0 Å². The molecule has 0 bridgehead atoms. The molecule has 5 nitrogen and oxygen atoms in total. The molecule has 1 saturated heterocycles. The summed E-state index contributed by atoms with van der Waals surface area (Å²) in [5.41, 5.74) is 1.39. The Hall–Kier alpha value is -1.92. The summed E-state index contributed by atoms with van der Waals surface area (Å²) in [5.74, 6) is -0.341. The van der Waals surface area contributed by atoms with Gasteiger partial charge in [0.1, 0.15) is 5.82 Å². The number of halogens is 2. The molecule has 0 unspecified atom stereocenters. The first-order valence-corrected chi connectivity index (χ1v) is 8.43. The Morgan fingerprint density at radius 3 is 2.46 bits per heavy atom. The van der Waals surface area contributed by atoms with Crippen LogP contribution in [0, 0.1) is 5.82 Å². The Labute approximate surface area is 145 Å². The maximum absolute atomic E-state index is 13.0. The van der Waals surface area contributed by atoms with Crippen LogP contribution in [-0.4, -0.2) is 51.7 Å². The summed E-state index contributed by atoms with van der Waals surface area (Å²) in [7, 11) is 0. The van der Waals surface area contributed by atoms with Crippen LogP contribution >= 0.6 is 11.6 Å². The second-order valence-corrected chi connectivity index (χ2v) is 6.28. The zero-order valence-electron chi connectivity index (χ0n) is 13.6. The molecule has 1 aliphatic heterocycles. The van der Waals surface area contributed by atoms with Crippen LogP contribution in [0.15, 0.2) is 30.5 Å². The quantitative estimate of drug-likeness (QED) is 0.851. The molecule has 0 aliphatic carbocycles. The first-order valence-electron chi connectivity index (χ1n) is 8.06. The smallest absolute Gasteiger partial charge is 0.276 e. The number of amides is 1. The number of rotatable bonds is 4. The average molecular weight is 351 g/mol. The number of aryl methyl sites for hydroxylation is 1. The third-order valence-electron chi connectivity index (χ3n) is 4.22. The first kappa shape index (κ1) is 16.9. The van der Waals surface area contributed by atoms with Crippen LogP contribution in [0.1, 0.15) is 23.0 Å². The lowest BCUT2D eigenvalue weighted by Gasteiger charge is -2.34. The minimum Gasteiger partial charge on any atom is -0.335 e. The van der Waals surface area contributed by atoms with Crippen molar-refractivity contribution in [3.8, 4) is 0 Å². The highest BCUT2D eigenvalue weighted by molar-refractivity contribution is 6.33. The van der Waals surface area contributed by atoms with Gasteiger partial charge in [0.05, 0.1) is 5.02 Å². The van der Waals surface area contributed by atoms with Crippen LogP contribution in [0.5, 0.6) is 0 Å². The van der Waals surface area contributed by atoms with E-state index in [1.807, 2.05) is 6.92 Å². The van der Waals surface area contributed by atoms with Crippen LogP contribution in [-0.2, 0) is 13.1 Å². The summed E-state index contributed by atoms with van der Waals surface area (Å²) in [6.45, 7) is 6.20. The summed E-state index contributed by atoms with van der Waals surface area (Å²) in [4.78, 5) is 16.6. The van der Waals surface area contributed by atoms with E-state index in [1.54, 1.807) is 27.9 Å². The number of benzene rings is 1. The molecule has 2 heterocycles. The highest BCUT2D eigenvalue weighted by Gasteiger charge is 2.25. The molecule has 24 heavy (non-hydrogen) atoms. The van der Waals surface area contributed by atoms with Gasteiger partial charge in [0.15, 0.2) is 5.69 Å². The normalized spacial score (nSPS) is 15.7. The molecule has 1 aromatic carbocycles. The second-order valence-electron chi connectivity index (χ2n) is 5.88. The highest BCUT2D eigenvalue weighted by atomic mass is 35.5. The van der Waals surface area contributed by atoms with Gasteiger partial charge >= 0.3 is 0 Å². The lowest BCUT2D eigenvalue weighted by atomic mass is 10.2. The van der Waals surface area contributed by atoms with E-state index in [4.69, 9.17) is 11.6 Å². The van der Waals surface area contributed by atoms with Crippen molar-refractivity contribution in [1.29, 1.82) is 0 Å². The number of carbonyl (C=O) groups is 1. The lowest BCUT2D eigenvalue weighted by molar-refractivity contribution is 0.0622. The van der Waals surface area contributed by atoms with E-state index in [0.29, 0.717) is 30.4 Å². The van der Waals surface area contributed by atoms with Crippen molar-refractivity contribution in [2.24, 2.45) is 0 Å². The van der Waals surface area contributed by atoms with Crippen LogP contribution in [0.25, 0.3) is 0 Å². The molecule has 3 rings (SSSR count). The van der Waals surface area contributed by atoms with Crippen LogP contribution in [0.3, 0.4) is 0 Å². The SMILES string of the molecule is CCn1cc(Cl)c(C(=O)N2CCN(Cc3ccc(F)cc3)CC2)n1. The van der Waals surface area contributed by atoms with Gasteiger partial charge in [0, 0.05) is 45.5 Å². The predicted molar refractivity (Wildman–Crippen MR) is 90.5 cm³/mol. The minimum atomic E-state index is -0.224. The van der Waals surface area contributed by atoms with Gasteiger partial charge in [-0.15, -0.1) is 0 Å². The van der Waals surface area contributed by atoms with Crippen molar-refractivity contribution in [3.63, 3.8) is 0 Å². The molecule has 1 fully saturated rings. The Bertz CT molecular complexity index is 708. The minimum absolute atomic E-state index is 0.117. The van der Waals surface area contributed by atoms with E-state index in [0.717, 1.165) is 25.2 Å². The van der Waals surface area contributed by atoms with Crippen molar-refractivity contribution in [2.45, 2.75) is 20.0 Å². The van der Waals surface area contributed by atoms with Gasteiger partial charge < -0.3 is 4.90 Å². The van der Waals surface area contributed by atoms with Gasteiger partial charge in [0.2, 0.25) is 0 Å². The zero-order chi connectivity index (χ0) is 17.1. The van der Waals surface area contributed by atoms with E-state index in [1.165, 1.54) is 12.1 Å². The third kappa shape index (κ3) is 3.76. The topological polar surface area (TPSA) is 41.4 Å². The maximum atomic E-state index is 13.0. The van der Waals surface area contributed by atoms with Crippen LogP contribution in [0.2, 0.25) is 5.02 Å². The molecular weight excluding hydrogens is 331 g/mol. The molecular formula is C17H20ClFN4O. The number of nitrogens with zero attached hydrogens (tertiary/aromatic N) is 4. The number of carbonyl (C=O) groups excluding carboxylic acids is 1. The van der Waals surface area contributed by atoms with Gasteiger partial charge in [-0.1, -0.05) is 23.7 Å². The molecule has 0 saturated carbocycles. The molecule has 0 N–H and O–H groups in total. The van der Waals surface area contributed by atoms with Gasteiger partial charge in [-0.05, 0) is 24.6 Å². The van der Waals surface area contributed by atoms with Gasteiger partial charge in [0.25, 0.3) is 5.91 Å². The van der Waals surface area contributed by atoms with Gasteiger partial charge in [-0.3, -0.25) is 14.4 Å². The fraction of sp³-hybridized carbons (Fsp3) is 0.412. The second kappa shape index (κ2) is 7.32. The van der Waals surface area contributed by atoms with Crippen molar-refractivity contribution < 1.29 is 9.18 Å². The van der Waals surface area contributed by atoms with Gasteiger partial charge in [-0.25, -0.2) is 4.39 Å². The van der Waals surface area contributed by atoms with E-state index in [9.17, 15) is 9.18 Å². The molecule has 1 aliphatic rings. The standard InChI is InChI=1S/C17H20ClFN4O/c1-2-23-12-15(18)16(20-23)17(24)22-9-7-21(8-10-22)11-13-3-5-14(19)6-4-13/h3-6,12H,2,7-11H2,1H3. The van der Waals surface area contributed by atoms with E-state index in [2.05, 4.69) is 10.00 Å². The van der Waals surface area contributed by atoms with Gasteiger partial charge in [-0.2, -0.15) is 5.10 Å².